The van der Waals surface area contributed by atoms with E-state index in [1.807, 2.05) is 24.3 Å². The molecule has 0 fully saturated rings. The molecular weight excluding hydrogens is 302 g/mol. The van der Waals surface area contributed by atoms with E-state index in [1.54, 1.807) is 25.6 Å². The highest BCUT2D eigenvalue weighted by Gasteiger charge is 2.43. The molecule has 1 aliphatic rings. The fourth-order valence-electron chi connectivity index (χ4n) is 2.20. The molecule has 0 saturated heterocycles. The summed E-state index contributed by atoms with van der Waals surface area (Å²) in [7, 11) is 1.60. The summed E-state index contributed by atoms with van der Waals surface area (Å²) in [6.45, 7) is 1.71. The van der Waals surface area contributed by atoms with E-state index in [9.17, 15) is 4.79 Å². The van der Waals surface area contributed by atoms with Gasteiger partial charge in [-0.15, -0.1) is 11.3 Å². The standard InChI is InChI=1S/C15H15N3O3S/c1-15(13(19)17-14-16-7-8-22-14)9-11(18-21-15)10-5-3-4-6-12(10)20-2/h3-8H,9H2,1-2H3,(H,16,17,19)/t15-/m1/s1. The fraction of sp³-hybridized carbons (Fsp3) is 0.267. The van der Waals surface area contributed by atoms with Crippen molar-refractivity contribution in [3.63, 3.8) is 0 Å². The van der Waals surface area contributed by atoms with Gasteiger partial charge in [0, 0.05) is 23.6 Å². The molecule has 114 valence electrons. The van der Waals surface area contributed by atoms with Gasteiger partial charge in [0.2, 0.25) is 5.60 Å². The largest absolute Gasteiger partial charge is 0.496 e. The average molecular weight is 317 g/mol. The van der Waals surface area contributed by atoms with Crippen LogP contribution in [0, 0.1) is 0 Å². The second-order valence-electron chi connectivity index (χ2n) is 5.03. The Morgan fingerprint density at radius 2 is 2.27 bits per heavy atom. The number of benzene rings is 1. The number of hydrogen-bond donors (Lipinski definition) is 1. The van der Waals surface area contributed by atoms with Gasteiger partial charge in [-0.3, -0.25) is 10.1 Å². The number of para-hydroxylation sites is 1. The van der Waals surface area contributed by atoms with E-state index in [1.165, 1.54) is 11.3 Å². The van der Waals surface area contributed by atoms with Crippen LogP contribution in [-0.4, -0.2) is 29.3 Å². The van der Waals surface area contributed by atoms with Crippen molar-refractivity contribution in [2.45, 2.75) is 18.9 Å². The Labute approximate surface area is 131 Å². The number of carbonyl (C=O) groups is 1. The fourth-order valence-corrected chi connectivity index (χ4v) is 2.73. The van der Waals surface area contributed by atoms with Crippen molar-refractivity contribution in [2.75, 3.05) is 12.4 Å². The molecule has 2 aromatic rings. The van der Waals surface area contributed by atoms with Crippen LogP contribution in [0.5, 0.6) is 5.75 Å². The zero-order chi connectivity index (χ0) is 15.6. The summed E-state index contributed by atoms with van der Waals surface area (Å²) >= 11 is 1.36. The number of carbonyl (C=O) groups excluding carboxylic acids is 1. The van der Waals surface area contributed by atoms with E-state index < -0.39 is 5.60 Å². The lowest BCUT2D eigenvalue weighted by atomic mass is 9.95. The second kappa shape index (κ2) is 5.76. The Balaban J connectivity index is 1.76. The molecule has 0 bridgehead atoms. The molecule has 7 heteroatoms. The molecule has 0 spiro atoms. The Hall–Kier alpha value is -2.41. The number of amides is 1. The molecule has 3 rings (SSSR count). The van der Waals surface area contributed by atoms with Gasteiger partial charge in [-0.25, -0.2) is 4.98 Å². The molecule has 1 N–H and O–H groups in total. The first-order valence-electron chi connectivity index (χ1n) is 6.72. The number of methoxy groups -OCH3 is 1. The summed E-state index contributed by atoms with van der Waals surface area (Å²) in [5, 5.41) is 9.16. The molecule has 6 nitrogen and oxygen atoms in total. The summed E-state index contributed by atoms with van der Waals surface area (Å²) in [5.41, 5.74) is 0.465. The molecule has 0 radical (unpaired) electrons. The maximum Gasteiger partial charge on any atom is 0.273 e. The van der Waals surface area contributed by atoms with Crippen molar-refractivity contribution in [1.82, 2.24) is 4.98 Å². The quantitative estimate of drug-likeness (QED) is 0.941. The molecule has 1 aromatic heterocycles. The van der Waals surface area contributed by atoms with E-state index >= 15 is 0 Å². The Morgan fingerprint density at radius 3 is 3.00 bits per heavy atom. The van der Waals surface area contributed by atoms with Crippen LogP contribution in [0.1, 0.15) is 18.9 Å². The zero-order valence-corrected chi connectivity index (χ0v) is 13.0. The number of ether oxygens (including phenoxy) is 1. The molecule has 1 aliphatic heterocycles. The van der Waals surface area contributed by atoms with Gasteiger partial charge in [0.05, 0.1) is 12.8 Å². The van der Waals surface area contributed by atoms with E-state index in [4.69, 9.17) is 9.57 Å². The van der Waals surface area contributed by atoms with Gasteiger partial charge in [0.15, 0.2) is 5.13 Å². The van der Waals surface area contributed by atoms with Crippen LogP contribution in [0.3, 0.4) is 0 Å². The third kappa shape index (κ3) is 2.67. The van der Waals surface area contributed by atoms with Gasteiger partial charge in [-0.2, -0.15) is 0 Å². The first-order valence-corrected chi connectivity index (χ1v) is 7.60. The van der Waals surface area contributed by atoms with Crippen LogP contribution in [0.2, 0.25) is 0 Å². The number of nitrogens with zero attached hydrogens (tertiary/aromatic N) is 2. The summed E-state index contributed by atoms with van der Waals surface area (Å²) < 4.78 is 5.33. The minimum atomic E-state index is -1.05. The van der Waals surface area contributed by atoms with Crippen molar-refractivity contribution in [2.24, 2.45) is 5.16 Å². The van der Waals surface area contributed by atoms with Crippen molar-refractivity contribution in [3.8, 4) is 5.75 Å². The normalized spacial score (nSPS) is 20.2. The summed E-state index contributed by atoms with van der Waals surface area (Å²) in [5.74, 6) is 0.436. The molecule has 0 unspecified atom stereocenters. The van der Waals surface area contributed by atoms with E-state index in [0.717, 1.165) is 5.56 Å². The van der Waals surface area contributed by atoms with Crippen molar-refractivity contribution < 1.29 is 14.4 Å². The highest BCUT2D eigenvalue weighted by atomic mass is 32.1. The topological polar surface area (TPSA) is 72.8 Å². The Kier molecular flexibility index (Phi) is 3.81. The van der Waals surface area contributed by atoms with Gasteiger partial charge in [0.1, 0.15) is 5.75 Å². The SMILES string of the molecule is COc1ccccc1C1=NO[C@@](C)(C(=O)Nc2nccs2)C1. The summed E-state index contributed by atoms with van der Waals surface area (Å²) in [6.07, 6.45) is 2.00. The maximum absolute atomic E-state index is 12.4. The van der Waals surface area contributed by atoms with Crippen LogP contribution in [0.4, 0.5) is 5.13 Å². The second-order valence-corrected chi connectivity index (χ2v) is 5.92. The van der Waals surface area contributed by atoms with Gasteiger partial charge in [0.25, 0.3) is 5.91 Å². The first kappa shape index (κ1) is 14.5. The van der Waals surface area contributed by atoms with Crippen LogP contribution in [-0.2, 0) is 9.63 Å². The van der Waals surface area contributed by atoms with Crippen LogP contribution >= 0.6 is 11.3 Å². The Morgan fingerprint density at radius 1 is 1.45 bits per heavy atom. The molecule has 0 saturated carbocycles. The predicted octanol–water partition coefficient (Wildman–Crippen LogP) is 2.67. The lowest BCUT2D eigenvalue weighted by Crippen LogP contribution is -2.40. The number of nitrogens with one attached hydrogen (secondary N) is 1. The van der Waals surface area contributed by atoms with Gasteiger partial charge in [-0.1, -0.05) is 17.3 Å². The molecule has 1 aromatic carbocycles. The lowest BCUT2D eigenvalue weighted by molar-refractivity contribution is -0.135. The maximum atomic E-state index is 12.4. The van der Waals surface area contributed by atoms with Crippen molar-refractivity contribution in [1.29, 1.82) is 0 Å². The monoisotopic (exact) mass is 317 g/mol. The summed E-state index contributed by atoms with van der Waals surface area (Å²) in [4.78, 5) is 21.8. The Bertz CT molecular complexity index is 715. The number of hydrogen-bond acceptors (Lipinski definition) is 6. The molecule has 22 heavy (non-hydrogen) atoms. The van der Waals surface area contributed by atoms with Crippen LogP contribution in [0.25, 0.3) is 0 Å². The van der Waals surface area contributed by atoms with Crippen molar-refractivity contribution in [3.05, 3.63) is 41.4 Å². The van der Waals surface area contributed by atoms with E-state index in [2.05, 4.69) is 15.5 Å². The average Bonchev–Trinajstić information content (AvgIpc) is 3.17. The minimum absolute atomic E-state index is 0.268. The van der Waals surface area contributed by atoms with Crippen molar-refractivity contribution >= 4 is 28.1 Å². The van der Waals surface area contributed by atoms with E-state index in [-0.39, 0.29) is 5.91 Å². The van der Waals surface area contributed by atoms with Gasteiger partial charge < -0.3 is 9.57 Å². The summed E-state index contributed by atoms with van der Waals surface area (Å²) in [6, 6.07) is 7.52. The minimum Gasteiger partial charge on any atom is -0.496 e. The third-order valence-corrected chi connectivity index (χ3v) is 4.10. The first-order chi connectivity index (χ1) is 10.6. The number of aromatic nitrogens is 1. The van der Waals surface area contributed by atoms with Crippen LogP contribution in [0.15, 0.2) is 41.0 Å². The predicted molar refractivity (Wildman–Crippen MR) is 84.4 cm³/mol. The molecule has 1 amide bonds. The number of rotatable bonds is 4. The van der Waals surface area contributed by atoms with Gasteiger partial charge >= 0.3 is 0 Å². The number of anilines is 1. The molecule has 1 atom stereocenters. The lowest BCUT2D eigenvalue weighted by Gasteiger charge is -2.19. The number of oxime groups is 1. The molecular formula is C15H15N3O3S. The smallest absolute Gasteiger partial charge is 0.273 e. The number of thiazole rings is 1. The molecule has 2 heterocycles. The van der Waals surface area contributed by atoms with Crippen LogP contribution < -0.4 is 10.1 Å². The highest BCUT2D eigenvalue weighted by Crippen LogP contribution is 2.31. The van der Waals surface area contributed by atoms with Gasteiger partial charge in [-0.05, 0) is 19.1 Å². The zero-order valence-electron chi connectivity index (χ0n) is 12.2. The molecule has 0 aliphatic carbocycles. The van der Waals surface area contributed by atoms with E-state index in [0.29, 0.717) is 23.0 Å². The highest BCUT2D eigenvalue weighted by molar-refractivity contribution is 7.13. The third-order valence-electron chi connectivity index (χ3n) is 3.41.